The zero-order chi connectivity index (χ0) is 23.4. The summed E-state index contributed by atoms with van der Waals surface area (Å²) in [5.41, 5.74) is 1.36. The number of carboxylic acids is 2. The van der Waals surface area contributed by atoms with E-state index in [4.69, 9.17) is 0 Å². The number of β-lactam (4-membered cyclic amide) rings is 1. The number of carbonyl (C=O) groups excluding carboxylic acids is 5. The van der Waals surface area contributed by atoms with Crippen LogP contribution in [-0.4, -0.2) is 57.8 Å². The molecule has 2 aliphatic heterocycles. The van der Waals surface area contributed by atoms with Gasteiger partial charge in [-0.25, -0.2) is 0 Å². The van der Waals surface area contributed by atoms with Gasteiger partial charge in [-0.1, -0.05) is 30.3 Å². The van der Waals surface area contributed by atoms with Gasteiger partial charge in [0.15, 0.2) is 0 Å². The zero-order valence-corrected chi connectivity index (χ0v) is 18.0. The summed E-state index contributed by atoms with van der Waals surface area (Å²) in [6, 6.07) is 6.69. The minimum atomic E-state index is -1.64. The van der Waals surface area contributed by atoms with Gasteiger partial charge < -0.3 is 30.4 Å². The molecule has 0 aromatic heterocycles. The first-order chi connectivity index (χ1) is 15.2. The highest BCUT2D eigenvalue weighted by molar-refractivity contribution is 8.00. The predicted octanol–water partition coefficient (Wildman–Crippen LogP) is -2.33. The average Bonchev–Trinajstić information content (AvgIpc) is 2.74. The molecule has 3 atom stereocenters. The number of nitrogens with one attached hydrogen (secondary N) is 2. The van der Waals surface area contributed by atoms with Gasteiger partial charge in [0.05, 0.1) is 18.4 Å². The largest absolute Gasteiger partial charge is 0.550 e. The summed E-state index contributed by atoms with van der Waals surface area (Å²) in [6.07, 6.45) is -0.878. The molecular weight excluding hydrogens is 438 g/mol. The van der Waals surface area contributed by atoms with E-state index >= 15 is 0 Å². The highest BCUT2D eigenvalue weighted by atomic mass is 32.2. The molecule has 0 aliphatic carbocycles. The van der Waals surface area contributed by atoms with Crippen molar-refractivity contribution in [3.05, 3.63) is 47.2 Å². The van der Waals surface area contributed by atoms with Crippen LogP contribution in [0.5, 0.6) is 0 Å². The third-order valence-corrected chi connectivity index (χ3v) is 6.55. The van der Waals surface area contributed by atoms with Crippen LogP contribution in [0.3, 0.4) is 0 Å². The summed E-state index contributed by atoms with van der Waals surface area (Å²) in [6.45, 7) is 1.64. The highest BCUT2D eigenvalue weighted by Crippen LogP contribution is 2.40. The van der Waals surface area contributed by atoms with Crippen LogP contribution in [0.2, 0.25) is 0 Å². The molecule has 2 heterocycles. The normalized spacial score (nSPS) is 20.7. The first kappa shape index (κ1) is 23.3. The topological polar surface area (TPSA) is 159 Å². The van der Waals surface area contributed by atoms with Gasteiger partial charge in [0.25, 0.3) is 11.8 Å². The highest BCUT2D eigenvalue weighted by Gasteiger charge is 2.53. The fourth-order valence-electron chi connectivity index (χ4n) is 3.54. The zero-order valence-electron chi connectivity index (χ0n) is 17.2. The summed E-state index contributed by atoms with van der Waals surface area (Å²) >= 11 is 1.38. The Labute approximate surface area is 188 Å². The lowest BCUT2D eigenvalue weighted by atomic mass is 10.0. The van der Waals surface area contributed by atoms with Crippen molar-refractivity contribution in [3.8, 4) is 0 Å². The van der Waals surface area contributed by atoms with Crippen molar-refractivity contribution >= 4 is 41.4 Å². The summed E-state index contributed by atoms with van der Waals surface area (Å²) in [5.74, 6) is -4.32. The van der Waals surface area contributed by atoms with Crippen LogP contribution in [0.15, 0.2) is 41.6 Å². The van der Waals surface area contributed by atoms with Crippen molar-refractivity contribution in [3.63, 3.8) is 0 Å². The summed E-state index contributed by atoms with van der Waals surface area (Å²) in [4.78, 5) is 61.0. The molecule has 1 saturated heterocycles. The van der Waals surface area contributed by atoms with E-state index in [0.717, 1.165) is 5.56 Å². The number of carbonyl (C=O) groups is 5. The first-order valence-corrected chi connectivity index (χ1v) is 10.9. The first-order valence-electron chi connectivity index (χ1n) is 9.88. The van der Waals surface area contributed by atoms with Crippen LogP contribution in [0, 0.1) is 0 Å². The van der Waals surface area contributed by atoms with Gasteiger partial charge in [0, 0.05) is 11.7 Å². The smallest absolute Gasteiger partial charge is 0.268 e. The van der Waals surface area contributed by atoms with Crippen molar-refractivity contribution in [2.75, 3.05) is 5.75 Å². The average molecular weight is 459 g/mol. The maximum atomic E-state index is 12.8. The number of hydrogen-bond donors (Lipinski definition) is 2. The SMILES string of the molecule is CC1=C(C(=O)N[C@@H](CCC(=O)[O-])C(=O)[O-])N2C(=O)[C@@H](NC(=O)Cc3ccccc3)[C@H]2SC1. The van der Waals surface area contributed by atoms with E-state index in [9.17, 15) is 34.2 Å². The number of rotatable bonds is 9. The fraction of sp³-hybridized carbons (Fsp3) is 0.381. The van der Waals surface area contributed by atoms with Crippen molar-refractivity contribution in [2.45, 2.75) is 43.6 Å². The van der Waals surface area contributed by atoms with Gasteiger partial charge in [0.2, 0.25) is 5.91 Å². The van der Waals surface area contributed by atoms with Gasteiger partial charge in [-0.2, -0.15) is 0 Å². The monoisotopic (exact) mass is 459 g/mol. The second-order valence-electron chi connectivity index (χ2n) is 7.50. The molecule has 0 bridgehead atoms. The second kappa shape index (κ2) is 9.86. The Hall–Kier alpha value is -3.34. The number of nitrogens with zero attached hydrogens (tertiary/aromatic N) is 1. The van der Waals surface area contributed by atoms with E-state index in [0.29, 0.717) is 11.3 Å². The Balaban J connectivity index is 1.66. The molecule has 1 fully saturated rings. The minimum Gasteiger partial charge on any atom is -0.550 e. The lowest BCUT2D eigenvalue weighted by Gasteiger charge is -2.50. The molecule has 11 heteroatoms. The number of benzene rings is 1. The Morgan fingerprint density at radius 2 is 1.88 bits per heavy atom. The number of amides is 3. The van der Waals surface area contributed by atoms with Crippen LogP contribution >= 0.6 is 11.8 Å². The lowest BCUT2D eigenvalue weighted by Crippen LogP contribution is -2.71. The van der Waals surface area contributed by atoms with Gasteiger partial charge >= 0.3 is 0 Å². The van der Waals surface area contributed by atoms with Crippen molar-refractivity contribution in [1.82, 2.24) is 15.5 Å². The third-order valence-electron chi connectivity index (χ3n) is 5.12. The number of aliphatic carboxylic acids is 2. The minimum absolute atomic E-state index is 0.00649. The summed E-state index contributed by atoms with van der Waals surface area (Å²) in [5, 5.41) is 26.3. The maximum absolute atomic E-state index is 12.8. The molecule has 1 aromatic rings. The van der Waals surface area contributed by atoms with E-state index < -0.39 is 54.1 Å². The summed E-state index contributed by atoms with van der Waals surface area (Å²) < 4.78 is 0. The molecule has 0 saturated carbocycles. The fourth-order valence-corrected chi connectivity index (χ4v) is 4.83. The van der Waals surface area contributed by atoms with Crippen LogP contribution in [0.4, 0.5) is 0 Å². The Morgan fingerprint density at radius 1 is 1.19 bits per heavy atom. The molecule has 10 nitrogen and oxygen atoms in total. The van der Waals surface area contributed by atoms with Crippen molar-refractivity contribution in [2.24, 2.45) is 0 Å². The molecular formula is C21H21N3O7S-2. The Morgan fingerprint density at radius 3 is 2.50 bits per heavy atom. The van der Waals surface area contributed by atoms with Crippen LogP contribution in [-0.2, 0) is 30.4 Å². The predicted molar refractivity (Wildman–Crippen MR) is 109 cm³/mol. The standard InChI is InChI=1S/C21H23N3O7S/c1-11-10-32-20-16(23-14(25)9-12-5-3-2-4-6-12)19(29)24(20)17(11)18(28)22-13(21(30)31)7-8-15(26)27/h2-6,13,16,20H,7-10H2,1H3,(H,22,28)(H,23,25)(H,26,27)(H,30,31)/p-2/t13-,16+,20+/m0/s1. The van der Waals surface area contributed by atoms with E-state index in [1.54, 1.807) is 31.2 Å². The Kier molecular flexibility index (Phi) is 7.18. The van der Waals surface area contributed by atoms with Gasteiger partial charge in [0.1, 0.15) is 17.1 Å². The van der Waals surface area contributed by atoms with Crippen LogP contribution in [0.1, 0.15) is 25.3 Å². The van der Waals surface area contributed by atoms with Crippen molar-refractivity contribution < 1.29 is 34.2 Å². The number of fused-ring (bicyclic) bond motifs is 1. The molecule has 3 rings (SSSR count). The molecule has 0 spiro atoms. The van der Waals surface area contributed by atoms with Crippen molar-refractivity contribution in [1.29, 1.82) is 0 Å². The lowest BCUT2D eigenvalue weighted by molar-refractivity contribution is -0.310. The van der Waals surface area contributed by atoms with Gasteiger partial charge in [-0.05, 0) is 30.9 Å². The maximum Gasteiger partial charge on any atom is 0.268 e. The molecule has 2 aliphatic rings. The number of hydrogen-bond acceptors (Lipinski definition) is 8. The molecule has 1 aromatic carbocycles. The molecule has 170 valence electrons. The summed E-state index contributed by atoms with van der Waals surface area (Å²) in [7, 11) is 0. The van der Waals surface area contributed by atoms with Crippen LogP contribution in [0.25, 0.3) is 0 Å². The second-order valence-corrected chi connectivity index (χ2v) is 8.61. The van der Waals surface area contributed by atoms with E-state index in [2.05, 4.69) is 10.6 Å². The number of carboxylic acid groups (broad SMARTS) is 2. The molecule has 2 N–H and O–H groups in total. The number of thioether (sulfide) groups is 1. The molecule has 0 unspecified atom stereocenters. The van der Waals surface area contributed by atoms with E-state index in [1.165, 1.54) is 16.7 Å². The molecule has 0 radical (unpaired) electrons. The Bertz CT molecular complexity index is 979. The quantitative estimate of drug-likeness (QED) is 0.389. The molecule has 3 amide bonds. The van der Waals surface area contributed by atoms with Gasteiger partial charge in [-0.3, -0.25) is 19.3 Å². The van der Waals surface area contributed by atoms with Crippen LogP contribution < -0.4 is 20.8 Å². The van der Waals surface area contributed by atoms with E-state index in [1.807, 2.05) is 6.07 Å². The van der Waals surface area contributed by atoms with E-state index in [-0.39, 0.29) is 18.0 Å². The molecule has 32 heavy (non-hydrogen) atoms. The van der Waals surface area contributed by atoms with Gasteiger partial charge in [-0.15, -0.1) is 11.8 Å². The third kappa shape index (κ3) is 5.10.